The Kier molecular flexibility index (Phi) is 4.06. The van der Waals surface area contributed by atoms with Crippen molar-refractivity contribution >= 4 is 16.8 Å². The van der Waals surface area contributed by atoms with Gasteiger partial charge in [-0.05, 0) is 31.4 Å². The molecule has 1 saturated carbocycles. The normalized spacial score (nSPS) is 25.5. The van der Waals surface area contributed by atoms with E-state index in [-0.39, 0.29) is 12.0 Å². The van der Waals surface area contributed by atoms with Crippen LogP contribution in [0.2, 0.25) is 0 Å². The SMILES string of the molecule is Cn1c(C(=O)N2CCN(C3CCCC3O)CC2)cc2ccccc21. The van der Waals surface area contributed by atoms with E-state index >= 15 is 0 Å². The highest BCUT2D eigenvalue weighted by Crippen LogP contribution is 2.26. The Morgan fingerprint density at radius 3 is 2.54 bits per heavy atom. The molecular formula is C19H25N3O2. The van der Waals surface area contributed by atoms with Crippen molar-refractivity contribution < 1.29 is 9.90 Å². The van der Waals surface area contributed by atoms with Gasteiger partial charge in [-0.3, -0.25) is 9.69 Å². The lowest BCUT2D eigenvalue weighted by molar-refractivity contribution is 0.0311. The molecule has 128 valence electrons. The molecule has 2 unspecified atom stereocenters. The van der Waals surface area contributed by atoms with Crippen LogP contribution in [0.3, 0.4) is 0 Å². The average Bonchev–Trinajstić information content (AvgIpc) is 3.18. The first kappa shape index (κ1) is 15.7. The number of hydrogen-bond acceptors (Lipinski definition) is 3. The molecule has 0 bridgehead atoms. The zero-order valence-electron chi connectivity index (χ0n) is 14.2. The van der Waals surface area contributed by atoms with Crippen molar-refractivity contribution in [2.75, 3.05) is 26.2 Å². The van der Waals surface area contributed by atoms with Crippen LogP contribution in [0.4, 0.5) is 0 Å². The third-order valence-corrected chi connectivity index (χ3v) is 5.69. The van der Waals surface area contributed by atoms with Gasteiger partial charge in [0.15, 0.2) is 0 Å². The number of benzene rings is 1. The van der Waals surface area contributed by atoms with Crippen LogP contribution in [0.5, 0.6) is 0 Å². The molecular weight excluding hydrogens is 302 g/mol. The van der Waals surface area contributed by atoms with Gasteiger partial charge < -0.3 is 14.6 Å². The minimum atomic E-state index is -0.189. The molecule has 1 amide bonds. The fourth-order valence-corrected chi connectivity index (χ4v) is 4.26. The van der Waals surface area contributed by atoms with Gasteiger partial charge in [-0.15, -0.1) is 0 Å². The number of hydrogen-bond donors (Lipinski definition) is 1. The molecule has 1 aliphatic heterocycles. The van der Waals surface area contributed by atoms with E-state index in [1.54, 1.807) is 0 Å². The van der Waals surface area contributed by atoms with E-state index in [1.807, 2.05) is 46.8 Å². The largest absolute Gasteiger partial charge is 0.391 e. The lowest BCUT2D eigenvalue weighted by Gasteiger charge is -2.39. The predicted molar refractivity (Wildman–Crippen MR) is 94.0 cm³/mol. The smallest absolute Gasteiger partial charge is 0.270 e. The summed E-state index contributed by atoms with van der Waals surface area (Å²) in [6.45, 7) is 3.20. The second kappa shape index (κ2) is 6.22. The van der Waals surface area contributed by atoms with Gasteiger partial charge in [0, 0.05) is 50.2 Å². The Bertz CT molecular complexity index is 746. The van der Waals surface area contributed by atoms with E-state index < -0.39 is 0 Å². The highest BCUT2D eigenvalue weighted by atomic mass is 16.3. The topological polar surface area (TPSA) is 48.7 Å². The molecule has 1 aromatic heterocycles. The fraction of sp³-hybridized carbons (Fsp3) is 0.526. The Labute approximate surface area is 142 Å². The number of para-hydroxylation sites is 1. The van der Waals surface area contributed by atoms with Crippen molar-refractivity contribution in [3.05, 3.63) is 36.0 Å². The number of rotatable bonds is 2. The van der Waals surface area contributed by atoms with E-state index in [1.165, 1.54) is 0 Å². The molecule has 5 heteroatoms. The maximum absolute atomic E-state index is 12.9. The molecule has 1 saturated heterocycles. The number of aryl methyl sites for hydroxylation is 1. The Morgan fingerprint density at radius 1 is 1.12 bits per heavy atom. The molecule has 2 aromatic rings. The number of piperazine rings is 1. The van der Waals surface area contributed by atoms with Crippen LogP contribution in [-0.2, 0) is 7.05 Å². The Hall–Kier alpha value is -1.85. The summed E-state index contributed by atoms with van der Waals surface area (Å²) in [5.74, 6) is 0.111. The number of nitrogens with zero attached hydrogens (tertiary/aromatic N) is 3. The molecule has 4 rings (SSSR count). The van der Waals surface area contributed by atoms with E-state index in [0.29, 0.717) is 6.04 Å². The van der Waals surface area contributed by atoms with Gasteiger partial charge >= 0.3 is 0 Å². The Morgan fingerprint density at radius 2 is 1.88 bits per heavy atom. The third-order valence-electron chi connectivity index (χ3n) is 5.69. The van der Waals surface area contributed by atoms with Crippen molar-refractivity contribution in [3.63, 3.8) is 0 Å². The number of fused-ring (bicyclic) bond motifs is 1. The van der Waals surface area contributed by atoms with Crippen molar-refractivity contribution in [1.29, 1.82) is 0 Å². The molecule has 2 aliphatic rings. The third kappa shape index (κ3) is 2.62. The van der Waals surface area contributed by atoms with Gasteiger partial charge in [0.2, 0.25) is 0 Å². The lowest BCUT2D eigenvalue weighted by Crippen LogP contribution is -2.53. The average molecular weight is 327 g/mol. The van der Waals surface area contributed by atoms with E-state index in [2.05, 4.69) is 4.90 Å². The zero-order chi connectivity index (χ0) is 16.7. The molecule has 24 heavy (non-hydrogen) atoms. The van der Waals surface area contributed by atoms with Crippen molar-refractivity contribution in [1.82, 2.24) is 14.4 Å². The molecule has 0 radical (unpaired) electrons. The minimum Gasteiger partial charge on any atom is -0.391 e. The van der Waals surface area contributed by atoms with Crippen LogP contribution in [-0.4, -0.2) is 63.7 Å². The maximum atomic E-state index is 12.9. The molecule has 1 aliphatic carbocycles. The van der Waals surface area contributed by atoms with Gasteiger partial charge in [-0.1, -0.05) is 18.2 Å². The van der Waals surface area contributed by atoms with Crippen molar-refractivity contribution in [3.8, 4) is 0 Å². The van der Waals surface area contributed by atoms with Gasteiger partial charge in [0.25, 0.3) is 5.91 Å². The summed E-state index contributed by atoms with van der Waals surface area (Å²) in [5.41, 5.74) is 1.85. The standard InChI is InChI=1S/C19H25N3O2/c1-20-15-6-3-2-5-14(15)13-17(20)19(24)22-11-9-21(10-12-22)16-7-4-8-18(16)23/h2-3,5-6,13,16,18,23H,4,7-12H2,1H3. The summed E-state index contributed by atoms with van der Waals surface area (Å²) in [5, 5.41) is 11.2. The molecule has 2 fully saturated rings. The number of aromatic nitrogens is 1. The minimum absolute atomic E-state index is 0.111. The van der Waals surface area contributed by atoms with Crippen molar-refractivity contribution in [2.45, 2.75) is 31.4 Å². The highest BCUT2D eigenvalue weighted by Gasteiger charge is 2.33. The quantitative estimate of drug-likeness (QED) is 0.916. The van der Waals surface area contributed by atoms with E-state index in [0.717, 1.165) is 62.0 Å². The fourth-order valence-electron chi connectivity index (χ4n) is 4.26. The maximum Gasteiger partial charge on any atom is 0.270 e. The summed E-state index contributed by atoms with van der Waals surface area (Å²) in [4.78, 5) is 17.2. The Balaban J connectivity index is 1.47. The number of aliphatic hydroxyl groups excluding tert-OH is 1. The van der Waals surface area contributed by atoms with Gasteiger partial charge in [-0.2, -0.15) is 0 Å². The van der Waals surface area contributed by atoms with Crippen LogP contribution in [0.1, 0.15) is 29.8 Å². The summed E-state index contributed by atoms with van der Waals surface area (Å²) < 4.78 is 1.99. The first-order valence-electron chi connectivity index (χ1n) is 8.91. The van der Waals surface area contributed by atoms with Crippen LogP contribution in [0.25, 0.3) is 10.9 Å². The van der Waals surface area contributed by atoms with E-state index in [9.17, 15) is 9.90 Å². The summed E-state index contributed by atoms with van der Waals surface area (Å²) in [6.07, 6.45) is 2.92. The van der Waals surface area contributed by atoms with E-state index in [4.69, 9.17) is 0 Å². The summed E-state index contributed by atoms with van der Waals surface area (Å²) in [6, 6.07) is 10.4. The first-order valence-corrected chi connectivity index (χ1v) is 8.91. The van der Waals surface area contributed by atoms with Crippen molar-refractivity contribution in [2.24, 2.45) is 7.05 Å². The molecule has 1 N–H and O–H groups in total. The molecule has 2 atom stereocenters. The molecule has 1 aromatic carbocycles. The predicted octanol–water partition coefficient (Wildman–Crippen LogP) is 1.85. The molecule has 0 spiro atoms. The highest BCUT2D eigenvalue weighted by molar-refractivity contribution is 5.98. The van der Waals surface area contributed by atoms with Crippen LogP contribution >= 0.6 is 0 Å². The monoisotopic (exact) mass is 327 g/mol. The zero-order valence-corrected chi connectivity index (χ0v) is 14.2. The lowest BCUT2D eigenvalue weighted by atomic mass is 10.1. The number of carbonyl (C=O) groups is 1. The van der Waals surface area contributed by atoms with Gasteiger partial charge in [0.1, 0.15) is 5.69 Å². The van der Waals surface area contributed by atoms with Crippen LogP contribution < -0.4 is 0 Å². The molecule has 2 heterocycles. The second-order valence-corrected chi connectivity index (χ2v) is 7.04. The first-order chi connectivity index (χ1) is 11.6. The second-order valence-electron chi connectivity index (χ2n) is 7.04. The summed E-state index contributed by atoms with van der Waals surface area (Å²) in [7, 11) is 1.96. The molecule has 5 nitrogen and oxygen atoms in total. The number of amides is 1. The summed E-state index contributed by atoms with van der Waals surface area (Å²) >= 11 is 0. The number of aliphatic hydroxyl groups is 1. The van der Waals surface area contributed by atoms with Crippen LogP contribution in [0.15, 0.2) is 30.3 Å². The van der Waals surface area contributed by atoms with Gasteiger partial charge in [-0.25, -0.2) is 0 Å². The van der Waals surface area contributed by atoms with Crippen LogP contribution in [0, 0.1) is 0 Å². The van der Waals surface area contributed by atoms with Gasteiger partial charge in [0.05, 0.1) is 6.10 Å². The number of carbonyl (C=O) groups excluding carboxylic acids is 1.